The van der Waals surface area contributed by atoms with E-state index < -0.39 is 6.10 Å². The van der Waals surface area contributed by atoms with Crippen molar-refractivity contribution in [3.63, 3.8) is 0 Å². The summed E-state index contributed by atoms with van der Waals surface area (Å²) in [5.74, 6) is 0.809. The summed E-state index contributed by atoms with van der Waals surface area (Å²) < 4.78 is 10.0. The lowest BCUT2D eigenvalue weighted by Gasteiger charge is -2.10. The molecule has 1 rings (SSSR count). The van der Waals surface area contributed by atoms with Crippen molar-refractivity contribution in [1.82, 2.24) is 4.98 Å². The van der Waals surface area contributed by atoms with Crippen LogP contribution in [-0.2, 0) is 11.2 Å². The van der Waals surface area contributed by atoms with Crippen molar-refractivity contribution >= 4 is 0 Å². The van der Waals surface area contributed by atoms with Crippen molar-refractivity contribution in [2.45, 2.75) is 25.9 Å². The van der Waals surface area contributed by atoms with Gasteiger partial charge in [-0.05, 0) is 19.8 Å². The highest BCUT2D eigenvalue weighted by Crippen LogP contribution is 2.14. The lowest BCUT2D eigenvalue weighted by atomic mass is 10.1. The van der Waals surface area contributed by atoms with E-state index in [0.717, 1.165) is 23.6 Å². The number of methoxy groups -OCH3 is 2. The zero-order chi connectivity index (χ0) is 12.0. The van der Waals surface area contributed by atoms with Crippen LogP contribution < -0.4 is 4.74 Å². The first kappa shape index (κ1) is 12.9. The highest BCUT2D eigenvalue weighted by molar-refractivity contribution is 5.26. The van der Waals surface area contributed by atoms with Crippen LogP contribution in [-0.4, -0.2) is 37.0 Å². The highest BCUT2D eigenvalue weighted by atomic mass is 16.5. The van der Waals surface area contributed by atoms with Gasteiger partial charge < -0.3 is 14.6 Å². The normalized spacial score (nSPS) is 12.5. The molecule has 1 aromatic rings. The fourth-order valence-electron chi connectivity index (χ4n) is 1.54. The fourth-order valence-corrected chi connectivity index (χ4v) is 1.54. The lowest BCUT2D eigenvalue weighted by molar-refractivity contribution is 0.0593. The van der Waals surface area contributed by atoms with E-state index in [0.29, 0.717) is 13.0 Å². The lowest BCUT2D eigenvalue weighted by Crippen LogP contribution is -2.15. The van der Waals surface area contributed by atoms with Crippen molar-refractivity contribution in [2.24, 2.45) is 0 Å². The second-order valence-electron chi connectivity index (χ2n) is 3.79. The zero-order valence-electron chi connectivity index (χ0n) is 10.1. The molecule has 0 radical (unpaired) electrons. The molecular weight excluding hydrogens is 206 g/mol. The molecular formula is C12H19NO3. The second-order valence-corrected chi connectivity index (χ2v) is 3.79. The Hall–Kier alpha value is -1.13. The fraction of sp³-hybridized carbons (Fsp3) is 0.583. The Morgan fingerprint density at radius 3 is 2.75 bits per heavy atom. The third kappa shape index (κ3) is 4.16. The number of pyridine rings is 1. The third-order valence-electron chi connectivity index (χ3n) is 2.31. The number of hydrogen-bond donors (Lipinski definition) is 1. The smallest absolute Gasteiger partial charge is 0.122 e. The van der Waals surface area contributed by atoms with Gasteiger partial charge in [-0.2, -0.15) is 0 Å². The molecule has 0 bridgehead atoms. The number of aliphatic hydroxyl groups is 1. The maximum atomic E-state index is 9.52. The predicted octanol–water partition coefficient (Wildman–Crippen LogP) is 1.34. The molecule has 0 aromatic carbocycles. The molecule has 0 aliphatic rings. The summed E-state index contributed by atoms with van der Waals surface area (Å²) in [6.07, 6.45) is 0.939. The standard InChI is InChI=1S/C12H19NO3/c1-9-6-12(16-3)7-10(13-9)4-5-11(14)8-15-2/h6-7,11,14H,4-5,8H2,1-3H3. The van der Waals surface area contributed by atoms with Gasteiger partial charge in [0, 0.05) is 30.6 Å². The number of hydrogen-bond acceptors (Lipinski definition) is 4. The van der Waals surface area contributed by atoms with Gasteiger partial charge in [-0.1, -0.05) is 0 Å². The van der Waals surface area contributed by atoms with Gasteiger partial charge in [0.1, 0.15) is 5.75 Å². The van der Waals surface area contributed by atoms with Crippen LogP contribution >= 0.6 is 0 Å². The van der Waals surface area contributed by atoms with Gasteiger partial charge in [0.2, 0.25) is 0 Å². The van der Waals surface area contributed by atoms with E-state index in [4.69, 9.17) is 9.47 Å². The summed E-state index contributed by atoms with van der Waals surface area (Å²) in [6, 6.07) is 3.78. The Balaban J connectivity index is 2.56. The Morgan fingerprint density at radius 1 is 1.38 bits per heavy atom. The van der Waals surface area contributed by atoms with Gasteiger partial charge >= 0.3 is 0 Å². The molecule has 90 valence electrons. The van der Waals surface area contributed by atoms with Gasteiger partial charge in [-0.15, -0.1) is 0 Å². The van der Waals surface area contributed by atoms with Gasteiger partial charge in [-0.25, -0.2) is 0 Å². The quantitative estimate of drug-likeness (QED) is 0.793. The van der Waals surface area contributed by atoms with Gasteiger partial charge in [-0.3, -0.25) is 4.98 Å². The van der Waals surface area contributed by atoms with E-state index in [1.54, 1.807) is 14.2 Å². The van der Waals surface area contributed by atoms with Crippen LogP contribution in [0.15, 0.2) is 12.1 Å². The van der Waals surface area contributed by atoms with E-state index in [9.17, 15) is 5.11 Å². The first-order valence-corrected chi connectivity index (χ1v) is 5.34. The van der Waals surface area contributed by atoms with Crippen LogP contribution in [0.3, 0.4) is 0 Å². The summed E-state index contributed by atoms with van der Waals surface area (Å²) in [7, 11) is 3.22. The number of nitrogens with zero attached hydrogens (tertiary/aromatic N) is 1. The van der Waals surface area contributed by atoms with E-state index in [1.807, 2.05) is 19.1 Å². The Morgan fingerprint density at radius 2 is 2.12 bits per heavy atom. The summed E-state index contributed by atoms with van der Waals surface area (Å²) in [4.78, 5) is 4.38. The Labute approximate surface area is 96.2 Å². The molecule has 0 spiro atoms. The van der Waals surface area contributed by atoms with E-state index in [-0.39, 0.29) is 0 Å². The Bertz CT molecular complexity index is 328. The number of aromatic nitrogens is 1. The molecule has 0 aliphatic carbocycles. The van der Waals surface area contributed by atoms with E-state index in [1.165, 1.54) is 0 Å². The second kappa shape index (κ2) is 6.45. The average Bonchev–Trinajstić information content (AvgIpc) is 2.26. The topological polar surface area (TPSA) is 51.6 Å². The van der Waals surface area contributed by atoms with Crippen LogP contribution in [0.2, 0.25) is 0 Å². The van der Waals surface area contributed by atoms with Crippen molar-refractivity contribution in [2.75, 3.05) is 20.8 Å². The van der Waals surface area contributed by atoms with Crippen molar-refractivity contribution < 1.29 is 14.6 Å². The molecule has 1 unspecified atom stereocenters. The zero-order valence-corrected chi connectivity index (χ0v) is 10.1. The molecule has 0 saturated carbocycles. The maximum absolute atomic E-state index is 9.52. The molecule has 0 fully saturated rings. The summed E-state index contributed by atoms with van der Waals surface area (Å²) >= 11 is 0. The third-order valence-corrected chi connectivity index (χ3v) is 2.31. The van der Waals surface area contributed by atoms with E-state index >= 15 is 0 Å². The van der Waals surface area contributed by atoms with E-state index in [2.05, 4.69) is 4.98 Å². The maximum Gasteiger partial charge on any atom is 0.122 e. The largest absolute Gasteiger partial charge is 0.497 e. The molecule has 1 atom stereocenters. The van der Waals surface area contributed by atoms with Crippen molar-refractivity contribution in [1.29, 1.82) is 0 Å². The molecule has 0 amide bonds. The minimum atomic E-state index is -0.432. The SMILES string of the molecule is COCC(O)CCc1cc(OC)cc(C)n1. The molecule has 1 heterocycles. The summed E-state index contributed by atoms with van der Waals surface area (Å²) in [5, 5.41) is 9.52. The summed E-state index contributed by atoms with van der Waals surface area (Å²) in [5.41, 5.74) is 1.86. The molecule has 16 heavy (non-hydrogen) atoms. The number of ether oxygens (including phenoxy) is 2. The van der Waals surface area contributed by atoms with Crippen LogP contribution in [0, 0.1) is 6.92 Å². The minimum absolute atomic E-state index is 0.364. The number of aliphatic hydroxyl groups excluding tert-OH is 1. The van der Waals surface area contributed by atoms with Crippen molar-refractivity contribution in [3.05, 3.63) is 23.5 Å². The molecule has 1 N–H and O–H groups in total. The predicted molar refractivity (Wildman–Crippen MR) is 61.7 cm³/mol. The monoisotopic (exact) mass is 225 g/mol. The van der Waals surface area contributed by atoms with Crippen LogP contribution in [0.1, 0.15) is 17.8 Å². The van der Waals surface area contributed by atoms with Gasteiger partial charge in [0.05, 0.1) is 19.8 Å². The minimum Gasteiger partial charge on any atom is -0.497 e. The first-order chi connectivity index (χ1) is 7.65. The van der Waals surface area contributed by atoms with Crippen molar-refractivity contribution in [3.8, 4) is 5.75 Å². The molecule has 4 nitrogen and oxygen atoms in total. The Kier molecular flexibility index (Phi) is 5.22. The van der Waals surface area contributed by atoms with Crippen LogP contribution in [0.25, 0.3) is 0 Å². The highest BCUT2D eigenvalue weighted by Gasteiger charge is 2.06. The molecule has 4 heteroatoms. The van der Waals surface area contributed by atoms with Gasteiger partial charge in [0.25, 0.3) is 0 Å². The number of aryl methyl sites for hydroxylation is 2. The van der Waals surface area contributed by atoms with Gasteiger partial charge in [0.15, 0.2) is 0 Å². The first-order valence-electron chi connectivity index (χ1n) is 5.34. The van der Waals surface area contributed by atoms with Crippen LogP contribution in [0.4, 0.5) is 0 Å². The molecule has 1 aromatic heterocycles. The molecule has 0 saturated heterocycles. The number of rotatable bonds is 6. The average molecular weight is 225 g/mol. The molecule has 0 aliphatic heterocycles. The van der Waals surface area contributed by atoms with Crippen LogP contribution in [0.5, 0.6) is 5.75 Å². The summed E-state index contributed by atoms with van der Waals surface area (Å²) in [6.45, 7) is 2.29.